The lowest BCUT2D eigenvalue weighted by molar-refractivity contribution is -0.123. The molecule has 1 aromatic heterocycles. The molecule has 0 aromatic carbocycles. The number of pyridine rings is 1. The second kappa shape index (κ2) is 5.38. The van der Waals surface area contributed by atoms with Gasteiger partial charge in [-0.1, -0.05) is 6.58 Å². The number of allylic oxidation sites excluding steroid dienone is 1. The zero-order chi connectivity index (χ0) is 13.8. The molecule has 0 bridgehead atoms. The van der Waals surface area contributed by atoms with E-state index in [9.17, 15) is 9.59 Å². The van der Waals surface area contributed by atoms with E-state index < -0.39 is 12.1 Å². The van der Waals surface area contributed by atoms with Gasteiger partial charge in [0.25, 0.3) is 0 Å². The Bertz CT molecular complexity index is 512. The van der Waals surface area contributed by atoms with Crippen LogP contribution in [0.25, 0.3) is 0 Å². The smallest absolute Gasteiger partial charge is 0.321 e. The number of aromatic nitrogens is 1. The number of anilines is 1. The molecule has 0 spiro atoms. The van der Waals surface area contributed by atoms with Crippen LogP contribution in [0.4, 0.5) is 10.6 Å². The van der Waals surface area contributed by atoms with Crippen molar-refractivity contribution in [2.45, 2.75) is 18.9 Å². The molecular weight excluding hydrogens is 248 g/mol. The maximum atomic E-state index is 11.7. The van der Waals surface area contributed by atoms with Gasteiger partial charge in [0, 0.05) is 5.70 Å². The molecule has 7 heteroatoms. The number of rotatable bonds is 2. The van der Waals surface area contributed by atoms with Gasteiger partial charge in [0.1, 0.15) is 17.6 Å². The molecule has 1 aliphatic rings. The fraction of sp³-hybridized carbons (Fsp3) is 0.250. The number of carbonyl (C=O) groups is 2. The van der Waals surface area contributed by atoms with Crippen molar-refractivity contribution < 1.29 is 14.7 Å². The van der Waals surface area contributed by atoms with Gasteiger partial charge in [-0.25, -0.2) is 9.78 Å². The summed E-state index contributed by atoms with van der Waals surface area (Å²) in [4.78, 5) is 27.0. The molecule has 3 amide bonds. The maximum absolute atomic E-state index is 11.7. The van der Waals surface area contributed by atoms with Crippen molar-refractivity contribution in [2.24, 2.45) is 0 Å². The van der Waals surface area contributed by atoms with E-state index in [1.807, 2.05) is 0 Å². The Morgan fingerprint density at radius 3 is 2.95 bits per heavy atom. The van der Waals surface area contributed by atoms with E-state index in [2.05, 4.69) is 27.5 Å². The van der Waals surface area contributed by atoms with Crippen molar-refractivity contribution in [1.82, 2.24) is 15.6 Å². The highest BCUT2D eigenvalue weighted by Crippen LogP contribution is 2.12. The first-order valence-corrected chi connectivity index (χ1v) is 5.76. The average molecular weight is 262 g/mol. The molecule has 4 N–H and O–H groups in total. The van der Waals surface area contributed by atoms with Crippen LogP contribution in [-0.2, 0) is 4.79 Å². The summed E-state index contributed by atoms with van der Waals surface area (Å²) in [6, 6.07) is 1.76. The SMILES string of the molecule is C=C1CCC(NC(=O)Nc2ccc(O)cn2)C(=O)N1. The van der Waals surface area contributed by atoms with E-state index in [-0.39, 0.29) is 17.5 Å². The van der Waals surface area contributed by atoms with Gasteiger partial charge in [0.2, 0.25) is 5.91 Å². The van der Waals surface area contributed by atoms with Crippen molar-refractivity contribution in [3.8, 4) is 5.75 Å². The molecule has 1 unspecified atom stereocenters. The molecule has 1 atom stereocenters. The Labute approximate surface area is 109 Å². The van der Waals surface area contributed by atoms with Crippen LogP contribution in [0.2, 0.25) is 0 Å². The lowest BCUT2D eigenvalue weighted by Crippen LogP contribution is -2.50. The van der Waals surface area contributed by atoms with Crippen molar-refractivity contribution in [1.29, 1.82) is 0 Å². The number of carbonyl (C=O) groups excluding carboxylic acids is 2. The van der Waals surface area contributed by atoms with Crippen LogP contribution in [-0.4, -0.2) is 28.1 Å². The monoisotopic (exact) mass is 262 g/mol. The van der Waals surface area contributed by atoms with Crippen LogP contribution < -0.4 is 16.0 Å². The van der Waals surface area contributed by atoms with E-state index in [4.69, 9.17) is 5.11 Å². The van der Waals surface area contributed by atoms with E-state index in [1.165, 1.54) is 18.3 Å². The van der Waals surface area contributed by atoms with E-state index >= 15 is 0 Å². The van der Waals surface area contributed by atoms with Gasteiger partial charge >= 0.3 is 6.03 Å². The first-order valence-electron chi connectivity index (χ1n) is 5.76. The lowest BCUT2D eigenvalue weighted by Gasteiger charge is -2.24. The number of piperidine rings is 1. The average Bonchev–Trinajstić information content (AvgIpc) is 2.36. The van der Waals surface area contributed by atoms with E-state index in [0.29, 0.717) is 18.5 Å². The first-order chi connectivity index (χ1) is 9.04. The summed E-state index contributed by atoms with van der Waals surface area (Å²) in [7, 11) is 0. The van der Waals surface area contributed by atoms with Gasteiger partial charge in [-0.05, 0) is 25.0 Å². The molecule has 1 aliphatic heterocycles. The number of hydrogen-bond donors (Lipinski definition) is 4. The lowest BCUT2D eigenvalue weighted by atomic mass is 10.1. The summed E-state index contributed by atoms with van der Waals surface area (Å²) >= 11 is 0. The second-order valence-electron chi connectivity index (χ2n) is 4.18. The highest BCUT2D eigenvalue weighted by atomic mass is 16.3. The van der Waals surface area contributed by atoms with Gasteiger partial charge in [-0.15, -0.1) is 0 Å². The molecule has 0 saturated carbocycles. The highest BCUT2D eigenvalue weighted by molar-refractivity contribution is 5.93. The normalized spacial score (nSPS) is 18.6. The molecule has 1 saturated heterocycles. The topological polar surface area (TPSA) is 103 Å². The van der Waals surface area contributed by atoms with Crippen molar-refractivity contribution in [3.63, 3.8) is 0 Å². The molecule has 0 radical (unpaired) electrons. The van der Waals surface area contributed by atoms with Crippen molar-refractivity contribution >= 4 is 17.8 Å². The minimum absolute atomic E-state index is 0.0103. The first kappa shape index (κ1) is 12.9. The maximum Gasteiger partial charge on any atom is 0.321 e. The molecule has 1 fully saturated rings. The van der Waals surface area contributed by atoms with Gasteiger partial charge < -0.3 is 15.7 Å². The van der Waals surface area contributed by atoms with Crippen LogP contribution >= 0.6 is 0 Å². The summed E-state index contributed by atoms with van der Waals surface area (Å²) in [6.45, 7) is 3.66. The summed E-state index contributed by atoms with van der Waals surface area (Å²) in [5.41, 5.74) is 0.656. The third-order valence-electron chi connectivity index (χ3n) is 2.65. The number of nitrogens with one attached hydrogen (secondary N) is 3. The quantitative estimate of drug-likeness (QED) is 0.630. The summed E-state index contributed by atoms with van der Waals surface area (Å²) in [6.07, 6.45) is 2.36. The zero-order valence-electron chi connectivity index (χ0n) is 10.1. The van der Waals surface area contributed by atoms with Gasteiger partial charge in [0.05, 0.1) is 6.20 Å². The van der Waals surface area contributed by atoms with Gasteiger partial charge in [-0.2, -0.15) is 0 Å². The number of nitrogens with zero attached hydrogens (tertiary/aromatic N) is 1. The predicted octanol–water partition coefficient (Wildman–Crippen LogP) is 0.701. The fourth-order valence-electron chi connectivity index (χ4n) is 1.68. The molecular formula is C12H14N4O3. The predicted molar refractivity (Wildman–Crippen MR) is 68.4 cm³/mol. The number of hydrogen-bond acceptors (Lipinski definition) is 4. The summed E-state index contributed by atoms with van der Waals surface area (Å²) in [5.74, 6) is 0.0251. The number of urea groups is 1. The van der Waals surface area contributed by atoms with Gasteiger partial charge in [0.15, 0.2) is 0 Å². The van der Waals surface area contributed by atoms with Crippen LogP contribution in [0.15, 0.2) is 30.6 Å². The molecule has 0 aliphatic carbocycles. The Hall–Kier alpha value is -2.57. The molecule has 7 nitrogen and oxygen atoms in total. The fourth-order valence-corrected chi connectivity index (χ4v) is 1.68. The number of amides is 3. The van der Waals surface area contributed by atoms with Crippen LogP contribution in [0, 0.1) is 0 Å². The zero-order valence-corrected chi connectivity index (χ0v) is 10.1. The van der Waals surface area contributed by atoms with E-state index in [0.717, 1.165) is 0 Å². The third kappa shape index (κ3) is 3.44. The third-order valence-corrected chi connectivity index (χ3v) is 2.65. The van der Waals surface area contributed by atoms with Crippen LogP contribution in [0.5, 0.6) is 5.75 Å². The summed E-state index contributed by atoms with van der Waals surface area (Å²) < 4.78 is 0. The molecule has 1 aromatic rings. The standard InChI is InChI=1S/C12H14N4O3/c1-7-2-4-9(11(18)14-7)15-12(19)16-10-5-3-8(17)6-13-10/h3,5-6,9,17H,1-2,4H2,(H,14,18)(H2,13,15,16,19). The van der Waals surface area contributed by atoms with E-state index in [1.54, 1.807) is 0 Å². The Kier molecular flexibility index (Phi) is 3.65. The molecule has 2 heterocycles. The molecule has 19 heavy (non-hydrogen) atoms. The van der Waals surface area contributed by atoms with Crippen molar-refractivity contribution in [3.05, 3.63) is 30.6 Å². The molecule has 2 rings (SSSR count). The van der Waals surface area contributed by atoms with Gasteiger partial charge in [-0.3, -0.25) is 10.1 Å². The van der Waals surface area contributed by atoms with Crippen LogP contribution in [0.3, 0.4) is 0 Å². The Morgan fingerprint density at radius 1 is 1.53 bits per heavy atom. The number of aromatic hydroxyl groups is 1. The highest BCUT2D eigenvalue weighted by Gasteiger charge is 2.25. The minimum Gasteiger partial charge on any atom is -0.506 e. The minimum atomic E-state index is -0.581. The molecule has 100 valence electrons. The van der Waals surface area contributed by atoms with Crippen LogP contribution in [0.1, 0.15) is 12.8 Å². The largest absolute Gasteiger partial charge is 0.506 e. The Morgan fingerprint density at radius 2 is 2.32 bits per heavy atom. The summed E-state index contributed by atoms with van der Waals surface area (Å²) in [5, 5.41) is 16.7. The van der Waals surface area contributed by atoms with Crippen molar-refractivity contribution in [2.75, 3.05) is 5.32 Å². The second-order valence-corrected chi connectivity index (χ2v) is 4.18. The Balaban J connectivity index is 1.89.